The van der Waals surface area contributed by atoms with Crippen LogP contribution in [0.2, 0.25) is 0 Å². The summed E-state index contributed by atoms with van der Waals surface area (Å²) >= 11 is 1.73. The second-order valence-corrected chi connectivity index (χ2v) is 4.65. The number of aryl methyl sites for hydroxylation is 2. The maximum atomic E-state index is 5.49. The van der Waals surface area contributed by atoms with Gasteiger partial charge in [0.2, 0.25) is 0 Å². The van der Waals surface area contributed by atoms with Gasteiger partial charge in [0.15, 0.2) is 0 Å². The average molecular weight is 218 g/mol. The van der Waals surface area contributed by atoms with Crippen molar-refractivity contribution in [1.29, 1.82) is 0 Å². The van der Waals surface area contributed by atoms with Gasteiger partial charge in [-0.2, -0.15) is 0 Å². The lowest BCUT2D eigenvalue weighted by molar-refractivity contribution is 0.900. The molecule has 0 amide bonds. The highest BCUT2D eigenvalue weighted by Gasteiger charge is 2.17. The fourth-order valence-electron chi connectivity index (χ4n) is 1.75. The van der Waals surface area contributed by atoms with Gasteiger partial charge in [0, 0.05) is 4.88 Å². The summed E-state index contributed by atoms with van der Waals surface area (Å²) in [5.41, 5.74) is 7.55. The molecule has 0 saturated heterocycles. The number of aromatic nitrogens is 3. The van der Waals surface area contributed by atoms with Gasteiger partial charge in [-0.15, -0.1) is 11.3 Å². The van der Waals surface area contributed by atoms with Crippen molar-refractivity contribution in [3.63, 3.8) is 0 Å². The van der Waals surface area contributed by atoms with Gasteiger partial charge in [-0.3, -0.25) is 0 Å². The minimum absolute atomic E-state index is 0.447. The molecule has 15 heavy (non-hydrogen) atoms. The topological polar surface area (TPSA) is 64.7 Å². The SMILES string of the molecule is Nc1cnc(-c2nc3c(s2)CCC3)cn1. The molecule has 1 aliphatic carbocycles. The van der Waals surface area contributed by atoms with Gasteiger partial charge in [0.25, 0.3) is 0 Å². The van der Waals surface area contributed by atoms with E-state index in [2.05, 4.69) is 15.0 Å². The zero-order chi connectivity index (χ0) is 10.3. The van der Waals surface area contributed by atoms with Gasteiger partial charge in [-0.05, 0) is 19.3 Å². The number of hydrogen-bond acceptors (Lipinski definition) is 5. The van der Waals surface area contributed by atoms with Crippen LogP contribution >= 0.6 is 11.3 Å². The summed E-state index contributed by atoms with van der Waals surface area (Å²) in [6.07, 6.45) is 6.76. The molecular formula is C10H10N4S. The number of nitrogen functional groups attached to an aromatic ring is 1. The fraction of sp³-hybridized carbons (Fsp3) is 0.300. The van der Waals surface area contributed by atoms with Crippen LogP contribution in [0, 0.1) is 0 Å². The lowest BCUT2D eigenvalue weighted by Crippen LogP contribution is -1.92. The van der Waals surface area contributed by atoms with Crippen molar-refractivity contribution >= 4 is 17.2 Å². The van der Waals surface area contributed by atoms with E-state index in [1.165, 1.54) is 17.0 Å². The molecule has 2 aromatic heterocycles. The van der Waals surface area contributed by atoms with Crippen molar-refractivity contribution in [2.45, 2.75) is 19.3 Å². The Morgan fingerprint density at radius 2 is 2.13 bits per heavy atom. The molecule has 0 atom stereocenters. The Hall–Kier alpha value is -1.49. The Bertz CT molecular complexity index is 467. The van der Waals surface area contributed by atoms with E-state index in [0.717, 1.165) is 23.5 Å². The predicted octanol–water partition coefficient (Wildman–Crippen LogP) is 1.67. The van der Waals surface area contributed by atoms with Gasteiger partial charge in [0.05, 0.1) is 18.1 Å². The van der Waals surface area contributed by atoms with Crippen molar-refractivity contribution in [2.75, 3.05) is 5.73 Å². The highest BCUT2D eigenvalue weighted by Crippen LogP contribution is 2.32. The Labute approximate surface area is 91.2 Å². The molecule has 3 rings (SSSR count). The number of nitrogens with zero attached hydrogens (tertiary/aromatic N) is 3. The normalized spacial score (nSPS) is 14.1. The van der Waals surface area contributed by atoms with Crippen LogP contribution in [0.3, 0.4) is 0 Å². The van der Waals surface area contributed by atoms with E-state index < -0.39 is 0 Å². The van der Waals surface area contributed by atoms with Gasteiger partial charge < -0.3 is 5.73 Å². The van der Waals surface area contributed by atoms with Crippen LogP contribution in [-0.2, 0) is 12.8 Å². The third kappa shape index (κ3) is 1.48. The van der Waals surface area contributed by atoms with Crippen molar-refractivity contribution in [3.8, 4) is 10.7 Å². The third-order valence-corrected chi connectivity index (χ3v) is 3.67. The van der Waals surface area contributed by atoms with E-state index in [1.54, 1.807) is 23.7 Å². The predicted molar refractivity (Wildman–Crippen MR) is 59.6 cm³/mol. The summed E-state index contributed by atoms with van der Waals surface area (Å²) in [5, 5.41) is 0.965. The van der Waals surface area contributed by atoms with Crippen LogP contribution in [0.15, 0.2) is 12.4 Å². The fourth-order valence-corrected chi connectivity index (χ4v) is 2.86. The highest BCUT2D eigenvalue weighted by molar-refractivity contribution is 7.15. The second kappa shape index (κ2) is 3.27. The number of fused-ring (bicyclic) bond motifs is 1. The molecule has 2 aromatic rings. The highest BCUT2D eigenvalue weighted by atomic mass is 32.1. The number of nitrogens with two attached hydrogens (primary N) is 1. The quantitative estimate of drug-likeness (QED) is 0.790. The molecule has 1 aliphatic rings. The lowest BCUT2D eigenvalue weighted by Gasteiger charge is -1.95. The maximum absolute atomic E-state index is 5.49. The first-order valence-electron chi connectivity index (χ1n) is 4.89. The average Bonchev–Trinajstić information content (AvgIpc) is 2.78. The van der Waals surface area contributed by atoms with E-state index in [9.17, 15) is 0 Å². The molecule has 0 aromatic carbocycles. The molecule has 5 heteroatoms. The zero-order valence-electron chi connectivity index (χ0n) is 8.10. The largest absolute Gasteiger partial charge is 0.382 e. The lowest BCUT2D eigenvalue weighted by atomic mass is 10.4. The van der Waals surface area contributed by atoms with Gasteiger partial charge in [0.1, 0.15) is 16.5 Å². The number of hydrogen-bond donors (Lipinski definition) is 1. The van der Waals surface area contributed by atoms with E-state index >= 15 is 0 Å². The van der Waals surface area contributed by atoms with Crippen LogP contribution in [0.25, 0.3) is 10.7 Å². The summed E-state index contributed by atoms with van der Waals surface area (Å²) < 4.78 is 0. The van der Waals surface area contributed by atoms with E-state index in [-0.39, 0.29) is 0 Å². The van der Waals surface area contributed by atoms with Crippen LogP contribution < -0.4 is 5.73 Å². The molecule has 76 valence electrons. The number of anilines is 1. The molecular weight excluding hydrogens is 208 g/mol. The Morgan fingerprint density at radius 3 is 2.87 bits per heavy atom. The first-order chi connectivity index (χ1) is 7.33. The molecule has 2 N–H and O–H groups in total. The van der Waals surface area contributed by atoms with Crippen molar-refractivity contribution in [2.24, 2.45) is 0 Å². The van der Waals surface area contributed by atoms with Crippen LogP contribution in [0.4, 0.5) is 5.82 Å². The molecule has 0 unspecified atom stereocenters. The molecule has 4 nitrogen and oxygen atoms in total. The Kier molecular flexibility index (Phi) is 1.92. The van der Waals surface area contributed by atoms with Crippen LogP contribution in [0.5, 0.6) is 0 Å². The maximum Gasteiger partial charge on any atom is 0.143 e. The standard InChI is InChI=1S/C10H10N4S/c11-9-5-12-7(4-13-9)10-14-6-2-1-3-8(6)15-10/h4-5H,1-3H2,(H2,11,13). The summed E-state index contributed by atoms with van der Waals surface area (Å²) in [6.45, 7) is 0. The van der Waals surface area contributed by atoms with E-state index in [4.69, 9.17) is 5.73 Å². The summed E-state index contributed by atoms with van der Waals surface area (Å²) in [6, 6.07) is 0. The smallest absolute Gasteiger partial charge is 0.143 e. The van der Waals surface area contributed by atoms with E-state index in [1.807, 2.05) is 0 Å². The van der Waals surface area contributed by atoms with Crippen molar-refractivity contribution < 1.29 is 0 Å². The number of thiazole rings is 1. The second-order valence-electron chi connectivity index (χ2n) is 3.57. The van der Waals surface area contributed by atoms with Crippen LogP contribution in [0.1, 0.15) is 17.0 Å². The Balaban J connectivity index is 2.02. The molecule has 0 radical (unpaired) electrons. The molecule has 0 fully saturated rings. The van der Waals surface area contributed by atoms with Crippen LogP contribution in [-0.4, -0.2) is 15.0 Å². The zero-order valence-corrected chi connectivity index (χ0v) is 8.92. The minimum Gasteiger partial charge on any atom is -0.382 e. The first-order valence-corrected chi connectivity index (χ1v) is 5.71. The first kappa shape index (κ1) is 8.79. The molecule has 0 bridgehead atoms. The third-order valence-electron chi connectivity index (χ3n) is 2.49. The molecule has 0 aliphatic heterocycles. The Morgan fingerprint density at radius 1 is 1.20 bits per heavy atom. The van der Waals surface area contributed by atoms with Crippen molar-refractivity contribution in [3.05, 3.63) is 23.0 Å². The minimum atomic E-state index is 0.447. The summed E-state index contributed by atoms with van der Waals surface area (Å²) in [7, 11) is 0. The van der Waals surface area contributed by atoms with E-state index in [0.29, 0.717) is 5.82 Å². The molecule has 0 spiro atoms. The van der Waals surface area contributed by atoms with Gasteiger partial charge in [-0.25, -0.2) is 15.0 Å². The number of rotatable bonds is 1. The summed E-state index contributed by atoms with van der Waals surface area (Å²) in [5.74, 6) is 0.447. The van der Waals surface area contributed by atoms with Gasteiger partial charge in [-0.1, -0.05) is 0 Å². The van der Waals surface area contributed by atoms with Crippen molar-refractivity contribution in [1.82, 2.24) is 15.0 Å². The molecule has 0 saturated carbocycles. The summed E-state index contributed by atoms with van der Waals surface area (Å²) in [4.78, 5) is 14.2. The molecule has 2 heterocycles. The van der Waals surface area contributed by atoms with Gasteiger partial charge >= 0.3 is 0 Å². The monoisotopic (exact) mass is 218 g/mol.